The van der Waals surface area contributed by atoms with Crippen LogP contribution in [-0.2, 0) is 11.3 Å². The van der Waals surface area contributed by atoms with Gasteiger partial charge in [-0.05, 0) is 49.2 Å². The summed E-state index contributed by atoms with van der Waals surface area (Å²) in [5.74, 6) is 0.449. The second kappa shape index (κ2) is 8.83. The van der Waals surface area contributed by atoms with E-state index < -0.39 is 0 Å². The second-order valence-corrected chi connectivity index (χ2v) is 7.33. The molecular formula is C23H23N5O3. The van der Waals surface area contributed by atoms with Crippen molar-refractivity contribution in [1.29, 1.82) is 0 Å². The van der Waals surface area contributed by atoms with E-state index in [1.54, 1.807) is 4.68 Å². The predicted octanol–water partition coefficient (Wildman–Crippen LogP) is 2.39. The molecule has 2 heterocycles. The van der Waals surface area contributed by atoms with Gasteiger partial charge in [0.15, 0.2) is 5.65 Å². The fraction of sp³-hybridized carbons (Fsp3) is 0.217. The number of rotatable bonds is 7. The molecule has 1 amide bonds. The van der Waals surface area contributed by atoms with Crippen molar-refractivity contribution in [3.05, 3.63) is 82.5 Å². The largest absolute Gasteiger partial charge is 0.492 e. The highest BCUT2D eigenvalue weighted by atomic mass is 16.5. The average Bonchev–Trinajstić information content (AvgIpc) is 3.18. The lowest BCUT2D eigenvalue weighted by atomic mass is 10.1. The second-order valence-electron chi connectivity index (χ2n) is 7.33. The number of amides is 1. The maximum atomic E-state index is 12.8. The zero-order chi connectivity index (χ0) is 21.8. The molecule has 0 spiro atoms. The van der Waals surface area contributed by atoms with Crippen molar-refractivity contribution >= 4 is 16.9 Å². The number of fused-ring (bicyclic) bond motifs is 1. The molecule has 31 heavy (non-hydrogen) atoms. The Bertz CT molecular complexity index is 1260. The molecule has 158 valence electrons. The number of hydrogen-bond acceptors (Lipinski definition) is 5. The third-order valence-electron chi connectivity index (χ3n) is 4.76. The first-order valence-electron chi connectivity index (χ1n) is 9.97. The molecule has 0 saturated carbocycles. The van der Waals surface area contributed by atoms with Crippen molar-refractivity contribution in [3.63, 3.8) is 0 Å². The summed E-state index contributed by atoms with van der Waals surface area (Å²) < 4.78 is 8.46. The van der Waals surface area contributed by atoms with Crippen LogP contribution in [0.1, 0.15) is 11.1 Å². The van der Waals surface area contributed by atoms with Gasteiger partial charge in [0.2, 0.25) is 5.91 Å². The number of aryl methyl sites for hydroxylation is 2. The number of benzene rings is 2. The van der Waals surface area contributed by atoms with Crippen LogP contribution < -0.4 is 15.6 Å². The maximum Gasteiger partial charge on any atom is 0.264 e. The van der Waals surface area contributed by atoms with Gasteiger partial charge < -0.3 is 10.1 Å². The molecule has 0 saturated heterocycles. The molecule has 0 aliphatic rings. The summed E-state index contributed by atoms with van der Waals surface area (Å²) in [6.07, 6.45) is 2.87. The molecule has 0 fully saturated rings. The Labute approximate surface area is 179 Å². The van der Waals surface area contributed by atoms with E-state index in [-0.39, 0.29) is 18.0 Å². The van der Waals surface area contributed by atoms with Crippen LogP contribution in [0.2, 0.25) is 0 Å². The van der Waals surface area contributed by atoms with Gasteiger partial charge in [-0.15, -0.1) is 0 Å². The maximum absolute atomic E-state index is 12.8. The van der Waals surface area contributed by atoms with Crippen molar-refractivity contribution in [3.8, 4) is 11.4 Å². The summed E-state index contributed by atoms with van der Waals surface area (Å²) in [6, 6.07) is 15.4. The number of ether oxygens (including phenoxy) is 1. The fourth-order valence-corrected chi connectivity index (χ4v) is 3.41. The average molecular weight is 417 g/mol. The van der Waals surface area contributed by atoms with Gasteiger partial charge in [-0.3, -0.25) is 14.2 Å². The van der Waals surface area contributed by atoms with Crippen LogP contribution in [0.5, 0.6) is 5.75 Å². The number of nitrogens with one attached hydrogen (secondary N) is 1. The summed E-state index contributed by atoms with van der Waals surface area (Å²) in [7, 11) is 0. The third-order valence-corrected chi connectivity index (χ3v) is 4.76. The zero-order valence-electron chi connectivity index (χ0n) is 17.4. The molecule has 0 radical (unpaired) electrons. The van der Waals surface area contributed by atoms with Crippen LogP contribution >= 0.6 is 0 Å². The number of para-hydroxylation sites is 1. The first-order valence-corrected chi connectivity index (χ1v) is 9.97. The van der Waals surface area contributed by atoms with Gasteiger partial charge in [0, 0.05) is 0 Å². The van der Waals surface area contributed by atoms with E-state index in [0.717, 1.165) is 22.6 Å². The lowest BCUT2D eigenvalue weighted by Gasteiger charge is -2.09. The minimum atomic E-state index is -0.309. The van der Waals surface area contributed by atoms with Crippen LogP contribution in [0.4, 0.5) is 0 Å². The Morgan fingerprint density at radius 2 is 1.84 bits per heavy atom. The van der Waals surface area contributed by atoms with Crippen molar-refractivity contribution < 1.29 is 9.53 Å². The van der Waals surface area contributed by atoms with E-state index in [0.29, 0.717) is 24.2 Å². The Kier molecular flexibility index (Phi) is 5.79. The number of carbonyl (C=O) groups is 1. The molecule has 2 aromatic carbocycles. The van der Waals surface area contributed by atoms with Gasteiger partial charge in [-0.25, -0.2) is 9.67 Å². The van der Waals surface area contributed by atoms with Crippen LogP contribution in [0, 0.1) is 13.8 Å². The van der Waals surface area contributed by atoms with E-state index in [9.17, 15) is 9.59 Å². The smallest absolute Gasteiger partial charge is 0.264 e. The van der Waals surface area contributed by atoms with Crippen molar-refractivity contribution in [1.82, 2.24) is 24.6 Å². The molecule has 2 aromatic heterocycles. The Balaban J connectivity index is 1.43. The molecule has 4 rings (SSSR count). The standard InChI is InChI=1S/C23H23N5O3/c1-16-10-17(2)12-18(11-16)28-22-20(13-26-28)23(30)27(15-25-22)14-21(29)24-8-9-31-19-6-4-3-5-7-19/h3-7,10-13,15H,8-9,14H2,1-2H3,(H,24,29). The molecule has 8 heteroatoms. The predicted molar refractivity (Wildman–Crippen MR) is 118 cm³/mol. The topological polar surface area (TPSA) is 91.0 Å². The van der Waals surface area contributed by atoms with Gasteiger partial charge in [-0.2, -0.15) is 5.10 Å². The Morgan fingerprint density at radius 3 is 2.58 bits per heavy atom. The van der Waals surface area contributed by atoms with E-state index in [4.69, 9.17) is 4.74 Å². The van der Waals surface area contributed by atoms with Crippen molar-refractivity contribution in [2.24, 2.45) is 0 Å². The quantitative estimate of drug-likeness (QED) is 0.466. The van der Waals surface area contributed by atoms with Crippen LogP contribution in [0.25, 0.3) is 16.7 Å². The molecule has 1 N–H and O–H groups in total. The SMILES string of the molecule is Cc1cc(C)cc(-n2ncc3c(=O)n(CC(=O)NCCOc4ccccc4)cnc32)c1. The normalized spacial score (nSPS) is 10.9. The van der Waals surface area contributed by atoms with Gasteiger partial charge in [-0.1, -0.05) is 24.3 Å². The van der Waals surface area contributed by atoms with Crippen molar-refractivity contribution in [2.75, 3.05) is 13.2 Å². The van der Waals surface area contributed by atoms with E-state index in [1.165, 1.54) is 17.1 Å². The van der Waals surface area contributed by atoms with Crippen LogP contribution in [-0.4, -0.2) is 38.4 Å². The molecule has 0 unspecified atom stereocenters. The molecule has 0 aliphatic carbocycles. The lowest BCUT2D eigenvalue weighted by molar-refractivity contribution is -0.121. The lowest BCUT2D eigenvalue weighted by Crippen LogP contribution is -2.34. The number of aromatic nitrogens is 4. The van der Waals surface area contributed by atoms with Gasteiger partial charge in [0.05, 0.1) is 18.4 Å². The third kappa shape index (κ3) is 4.63. The Hall–Kier alpha value is -3.94. The molecular weight excluding hydrogens is 394 g/mol. The van der Waals surface area contributed by atoms with Crippen LogP contribution in [0.3, 0.4) is 0 Å². The van der Waals surface area contributed by atoms with Crippen LogP contribution in [0.15, 0.2) is 65.8 Å². The molecule has 0 aliphatic heterocycles. The monoisotopic (exact) mass is 417 g/mol. The van der Waals surface area contributed by atoms with Crippen molar-refractivity contribution in [2.45, 2.75) is 20.4 Å². The van der Waals surface area contributed by atoms with E-state index >= 15 is 0 Å². The molecule has 0 atom stereocenters. The highest BCUT2D eigenvalue weighted by Gasteiger charge is 2.13. The Morgan fingerprint density at radius 1 is 1.10 bits per heavy atom. The minimum Gasteiger partial charge on any atom is -0.492 e. The summed E-state index contributed by atoms with van der Waals surface area (Å²) in [4.78, 5) is 29.4. The molecule has 4 aromatic rings. The highest BCUT2D eigenvalue weighted by Crippen LogP contribution is 2.17. The summed E-state index contributed by atoms with van der Waals surface area (Å²) in [6.45, 7) is 4.56. The summed E-state index contributed by atoms with van der Waals surface area (Å²) >= 11 is 0. The summed E-state index contributed by atoms with van der Waals surface area (Å²) in [5.41, 5.74) is 3.19. The van der Waals surface area contributed by atoms with E-state index in [2.05, 4.69) is 21.5 Å². The zero-order valence-corrected chi connectivity index (χ0v) is 17.4. The first kappa shape index (κ1) is 20.3. The number of nitrogens with zero attached hydrogens (tertiary/aromatic N) is 4. The van der Waals surface area contributed by atoms with Gasteiger partial charge in [0.25, 0.3) is 5.56 Å². The molecule has 0 bridgehead atoms. The number of carbonyl (C=O) groups excluding carboxylic acids is 1. The summed E-state index contributed by atoms with van der Waals surface area (Å²) in [5, 5.41) is 7.45. The van der Waals surface area contributed by atoms with Gasteiger partial charge >= 0.3 is 0 Å². The molecule has 8 nitrogen and oxygen atoms in total. The highest BCUT2D eigenvalue weighted by molar-refractivity contribution is 5.77. The number of hydrogen-bond donors (Lipinski definition) is 1. The minimum absolute atomic E-state index is 0.123. The fourth-order valence-electron chi connectivity index (χ4n) is 3.41. The first-order chi connectivity index (χ1) is 15.0. The van der Waals surface area contributed by atoms with Gasteiger partial charge in [0.1, 0.15) is 30.6 Å². The van der Waals surface area contributed by atoms with E-state index in [1.807, 2.05) is 56.3 Å².